The van der Waals surface area contributed by atoms with Gasteiger partial charge in [0.1, 0.15) is 0 Å². The smallest absolute Gasteiger partial charge is 0.0225 e. The third-order valence-electron chi connectivity index (χ3n) is 1.89. The second kappa shape index (κ2) is 3.91. The molecule has 0 fully saturated rings. The molecule has 0 heterocycles. The summed E-state index contributed by atoms with van der Waals surface area (Å²) in [7, 11) is 0. The van der Waals surface area contributed by atoms with Crippen LogP contribution in [0.3, 0.4) is 0 Å². The van der Waals surface area contributed by atoms with E-state index in [-0.39, 0.29) is 0 Å². The predicted molar refractivity (Wildman–Crippen MR) is 55.0 cm³/mol. The van der Waals surface area contributed by atoms with Crippen molar-refractivity contribution >= 4 is 6.08 Å². The van der Waals surface area contributed by atoms with Crippen LogP contribution in [0.5, 0.6) is 0 Å². The molecule has 1 aromatic carbocycles. The van der Waals surface area contributed by atoms with Crippen LogP contribution in [-0.2, 0) is 0 Å². The Morgan fingerprint density at radius 1 is 1.33 bits per heavy atom. The summed E-state index contributed by atoms with van der Waals surface area (Å²) in [6.45, 7) is 7.89. The van der Waals surface area contributed by atoms with Gasteiger partial charge in [0.15, 0.2) is 0 Å². The molecule has 0 saturated heterocycles. The van der Waals surface area contributed by atoms with E-state index in [1.54, 1.807) is 0 Å². The molecule has 0 heteroatoms. The normalized spacial score (nSPS) is 11.3. The molecule has 0 bridgehead atoms. The minimum Gasteiger partial charge on any atom is -0.0988 e. The Kier molecular flexibility index (Phi) is 2.87. The van der Waals surface area contributed by atoms with Gasteiger partial charge in [0.2, 0.25) is 0 Å². The molecule has 62 valence electrons. The highest BCUT2D eigenvalue weighted by Crippen LogP contribution is 2.11. The van der Waals surface area contributed by atoms with Crippen LogP contribution in [0, 0.1) is 6.92 Å². The van der Waals surface area contributed by atoms with Gasteiger partial charge < -0.3 is 0 Å². The molecule has 0 aliphatic carbocycles. The summed E-state index contributed by atoms with van der Waals surface area (Å²) in [4.78, 5) is 0. The van der Waals surface area contributed by atoms with Crippen molar-refractivity contribution < 1.29 is 0 Å². The molecule has 0 nitrogen and oxygen atoms in total. The number of benzene rings is 1. The summed E-state index contributed by atoms with van der Waals surface area (Å²) in [5, 5.41) is 0. The zero-order valence-corrected chi connectivity index (χ0v) is 7.67. The van der Waals surface area contributed by atoms with Gasteiger partial charge in [-0.25, -0.2) is 0 Å². The van der Waals surface area contributed by atoms with E-state index in [0.29, 0.717) is 0 Å². The Labute approximate surface area is 74.2 Å². The van der Waals surface area contributed by atoms with Crippen LogP contribution >= 0.6 is 0 Å². The van der Waals surface area contributed by atoms with Crippen LogP contribution in [0.15, 0.2) is 42.5 Å². The summed E-state index contributed by atoms with van der Waals surface area (Å²) in [6, 6.07) is 8.33. The SMILES string of the molecule is C=CC(C)=Cc1ccccc1C. The van der Waals surface area contributed by atoms with Gasteiger partial charge in [0, 0.05) is 0 Å². The van der Waals surface area contributed by atoms with E-state index < -0.39 is 0 Å². The molecule has 0 N–H and O–H groups in total. The lowest BCUT2D eigenvalue weighted by atomic mass is 10.1. The fourth-order valence-corrected chi connectivity index (χ4v) is 1.05. The van der Waals surface area contributed by atoms with Crippen LogP contribution in [-0.4, -0.2) is 0 Å². The van der Waals surface area contributed by atoms with Crippen LogP contribution < -0.4 is 0 Å². The minimum atomic E-state index is 1.20. The van der Waals surface area contributed by atoms with E-state index in [1.807, 2.05) is 6.08 Å². The Bertz CT molecular complexity index is 306. The third kappa shape index (κ3) is 2.09. The third-order valence-corrected chi connectivity index (χ3v) is 1.89. The number of rotatable bonds is 2. The van der Waals surface area contributed by atoms with E-state index in [1.165, 1.54) is 16.7 Å². The zero-order valence-electron chi connectivity index (χ0n) is 7.67. The van der Waals surface area contributed by atoms with Gasteiger partial charge >= 0.3 is 0 Å². The first kappa shape index (κ1) is 8.79. The predicted octanol–water partition coefficient (Wildman–Crippen LogP) is 3.58. The molecule has 0 aliphatic heterocycles. The van der Waals surface area contributed by atoms with Crippen molar-refractivity contribution in [3.05, 3.63) is 53.6 Å². The molecule has 0 aliphatic rings. The second-order valence-electron chi connectivity index (χ2n) is 2.95. The highest BCUT2D eigenvalue weighted by molar-refractivity contribution is 5.57. The van der Waals surface area contributed by atoms with E-state index in [9.17, 15) is 0 Å². The van der Waals surface area contributed by atoms with Gasteiger partial charge in [-0.2, -0.15) is 0 Å². The number of hydrogen-bond acceptors (Lipinski definition) is 0. The number of allylic oxidation sites excluding steroid dienone is 2. The van der Waals surface area contributed by atoms with Crippen LogP contribution in [0.4, 0.5) is 0 Å². The molecular weight excluding hydrogens is 144 g/mol. The van der Waals surface area contributed by atoms with Crippen LogP contribution in [0.25, 0.3) is 6.08 Å². The van der Waals surface area contributed by atoms with Crippen molar-refractivity contribution in [1.82, 2.24) is 0 Å². The van der Waals surface area contributed by atoms with Gasteiger partial charge in [-0.1, -0.05) is 48.6 Å². The van der Waals surface area contributed by atoms with Crippen molar-refractivity contribution in [3.63, 3.8) is 0 Å². The topological polar surface area (TPSA) is 0 Å². The summed E-state index contributed by atoms with van der Waals surface area (Å²) in [5.74, 6) is 0. The van der Waals surface area contributed by atoms with Crippen molar-refractivity contribution in [2.75, 3.05) is 0 Å². The highest BCUT2D eigenvalue weighted by Gasteiger charge is 1.91. The molecule has 1 aromatic rings. The summed E-state index contributed by atoms with van der Waals surface area (Å²) >= 11 is 0. The lowest BCUT2D eigenvalue weighted by Crippen LogP contribution is -1.79. The number of aryl methyl sites for hydroxylation is 1. The van der Waals surface area contributed by atoms with Crippen LogP contribution in [0.2, 0.25) is 0 Å². The Morgan fingerprint density at radius 3 is 2.58 bits per heavy atom. The lowest BCUT2D eigenvalue weighted by Gasteiger charge is -1.99. The molecule has 0 amide bonds. The summed E-state index contributed by atoms with van der Waals surface area (Å²) in [6.07, 6.45) is 4.01. The first-order valence-corrected chi connectivity index (χ1v) is 4.10. The molecule has 0 atom stereocenters. The molecular formula is C12H14. The van der Waals surface area contributed by atoms with E-state index in [0.717, 1.165) is 0 Å². The van der Waals surface area contributed by atoms with Crippen molar-refractivity contribution in [2.45, 2.75) is 13.8 Å². The molecule has 0 unspecified atom stereocenters. The Hall–Kier alpha value is -1.30. The van der Waals surface area contributed by atoms with Crippen LogP contribution in [0.1, 0.15) is 18.1 Å². The molecule has 0 spiro atoms. The first-order valence-electron chi connectivity index (χ1n) is 4.10. The zero-order chi connectivity index (χ0) is 8.97. The number of hydrogen-bond donors (Lipinski definition) is 0. The summed E-state index contributed by atoms with van der Waals surface area (Å²) < 4.78 is 0. The molecule has 1 rings (SSSR count). The van der Waals surface area contributed by atoms with E-state index in [2.05, 4.69) is 50.8 Å². The van der Waals surface area contributed by atoms with Gasteiger partial charge in [-0.3, -0.25) is 0 Å². The van der Waals surface area contributed by atoms with Crippen molar-refractivity contribution in [2.24, 2.45) is 0 Å². The monoisotopic (exact) mass is 158 g/mol. The van der Waals surface area contributed by atoms with Gasteiger partial charge in [-0.15, -0.1) is 0 Å². The largest absolute Gasteiger partial charge is 0.0988 e. The molecule has 0 saturated carbocycles. The quantitative estimate of drug-likeness (QED) is 0.577. The van der Waals surface area contributed by atoms with E-state index in [4.69, 9.17) is 0 Å². The molecule has 12 heavy (non-hydrogen) atoms. The van der Waals surface area contributed by atoms with Gasteiger partial charge in [0.25, 0.3) is 0 Å². The maximum Gasteiger partial charge on any atom is -0.0225 e. The Balaban J connectivity index is 3.04. The van der Waals surface area contributed by atoms with Gasteiger partial charge in [-0.05, 0) is 25.0 Å². The average molecular weight is 158 g/mol. The average Bonchev–Trinajstić information content (AvgIpc) is 2.09. The maximum atomic E-state index is 3.72. The van der Waals surface area contributed by atoms with Crippen molar-refractivity contribution in [1.29, 1.82) is 0 Å². The molecule has 0 aromatic heterocycles. The highest BCUT2D eigenvalue weighted by atomic mass is 14.0. The van der Waals surface area contributed by atoms with E-state index >= 15 is 0 Å². The lowest BCUT2D eigenvalue weighted by molar-refractivity contribution is 1.43. The fraction of sp³-hybridized carbons (Fsp3) is 0.167. The fourth-order valence-electron chi connectivity index (χ4n) is 1.05. The Morgan fingerprint density at radius 2 is 2.00 bits per heavy atom. The van der Waals surface area contributed by atoms with Crippen molar-refractivity contribution in [3.8, 4) is 0 Å². The maximum absolute atomic E-state index is 3.72. The van der Waals surface area contributed by atoms with Gasteiger partial charge in [0.05, 0.1) is 0 Å². The summed E-state index contributed by atoms with van der Waals surface area (Å²) in [5.41, 5.74) is 3.78. The second-order valence-corrected chi connectivity index (χ2v) is 2.95. The first-order chi connectivity index (χ1) is 5.74. The standard InChI is InChI=1S/C12H14/c1-4-10(2)9-12-8-6-5-7-11(12)3/h4-9H,1H2,2-3H3. The molecule has 0 radical (unpaired) electrons. The minimum absolute atomic E-state index is 1.20.